The summed E-state index contributed by atoms with van der Waals surface area (Å²) in [5.74, 6) is -3.71. The van der Waals surface area contributed by atoms with Gasteiger partial charge in [-0.15, -0.1) is 5.06 Å². The van der Waals surface area contributed by atoms with Gasteiger partial charge in [0.1, 0.15) is 23.5 Å². The maximum absolute atomic E-state index is 17.5. The van der Waals surface area contributed by atoms with Crippen molar-refractivity contribution in [2.75, 3.05) is 100 Å². The third-order valence-electron chi connectivity index (χ3n) is 16.1. The highest BCUT2D eigenvalue weighted by atomic mass is 32.2. The Kier molecular flexibility index (Phi) is 26.8. The molecule has 5 amide bonds. The molecule has 5 N–H and O–H groups in total. The number of carbonyl (C=O) groups excluding carboxylic acids is 6. The van der Waals surface area contributed by atoms with Gasteiger partial charge in [-0.1, -0.05) is 18.2 Å². The van der Waals surface area contributed by atoms with E-state index >= 15 is 8.63 Å². The largest absolute Gasteiger partial charge is 0.748 e. The van der Waals surface area contributed by atoms with Crippen LogP contribution >= 0.6 is 0 Å². The van der Waals surface area contributed by atoms with Gasteiger partial charge in [0.05, 0.1) is 109 Å². The number of benzene rings is 1. The lowest BCUT2D eigenvalue weighted by molar-refractivity contribution is -0.878. The number of hydrogen-bond acceptors (Lipinski definition) is 14. The van der Waals surface area contributed by atoms with Crippen molar-refractivity contribution in [2.45, 2.75) is 135 Å². The molecule has 3 atom stereocenters. The molecule has 1 saturated heterocycles. The molecular weight excluding hydrogens is 1230 g/mol. The number of H-pyrrole nitrogens is 1. The number of imide groups is 1. The predicted octanol–water partition coefficient (Wildman–Crippen LogP) is 3.80. The molecule has 2 aromatic heterocycles. The van der Waals surface area contributed by atoms with Crippen molar-refractivity contribution in [3.05, 3.63) is 93.7 Å². The molecule has 1 fully saturated rings. The summed E-state index contributed by atoms with van der Waals surface area (Å²) in [6.45, 7) is 0.674. The van der Waals surface area contributed by atoms with Crippen LogP contribution in [0.1, 0.15) is 143 Å². The number of allylic oxidation sites excluding steroid dienone is 2. The lowest BCUT2D eigenvalue weighted by Gasteiger charge is -2.31. The molecule has 5 heterocycles. The van der Waals surface area contributed by atoms with Crippen molar-refractivity contribution in [1.29, 1.82) is 0 Å². The summed E-state index contributed by atoms with van der Waals surface area (Å²) in [4.78, 5) is 86.5. The van der Waals surface area contributed by atoms with Gasteiger partial charge in [0.2, 0.25) is 17.7 Å². The minimum Gasteiger partial charge on any atom is -0.748 e. The first-order valence-electron chi connectivity index (χ1n) is 31.8. The second-order valence-electron chi connectivity index (χ2n) is 26.3. The fourth-order valence-electron chi connectivity index (χ4n) is 11.3. The summed E-state index contributed by atoms with van der Waals surface area (Å²) in [5.41, 5.74) is 2.89. The normalized spacial score (nSPS) is 16.1. The van der Waals surface area contributed by atoms with Gasteiger partial charge >= 0.3 is 12.9 Å². The molecule has 6 rings (SSSR count). The van der Waals surface area contributed by atoms with E-state index in [4.69, 9.17) is 9.57 Å². The van der Waals surface area contributed by atoms with Crippen LogP contribution in [0.3, 0.4) is 0 Å². The number of amides is 5. The van der Waals surface area contributed by atoms with Gasteiger partial charge in [0.15, 0.2) is 11.4 Å². The summed E-state index contributed by atoms with van der Waals surface area (Å²) in [6, 6.07) is 10.0. The molecule has 3 unspecified atom stereocenters. The fraction of sp³-hybridized carbons (Fsp3) is 0.571. The van der Waals surface area contributed by atoms with Gasteiger partial charge in [-0.3, -0.25) is 24.0 Å². The number of quaternary nitrogens is 3. The van der Waals surface area contributed by atoms with Gasteiger partial charge in [-0.25, -0.2) is 21.6 Å². The molecule has 92 heavy (non-hydrogen) atoms. The highest BCUT2D eigenvalue weighted by molar-refractivity contribution is 7.85. The minimum atomic E-state index is -4.68. The Hall–Kier alpha value is -6.89. The standard InChI is InChI=1S/C63H93BF2N10O14S2/c1-46-25-32-52(68-46)57-44-49(20-18-42-92(86,87)88)56-45-55-48(19-17-41-91(83,84)85)43-50(72(55)64(65,66)73(56)57)29-26-47-27-30-51(31-28-47)89-40-16-23-58(77)69-54(22-12-15-39-76(6,7)8)63(82)70-53(21-11-14-38-75(3,4)5)62(81)67-35-37-71(2)36-13-9-10-24-61(80)90-74-59(78)33-34-60(74)79/h25-32,43-45,53-54,68H,9-24,33-42H2,1-8H3,(H3-2,67,69,70,77,81,82,83,84,85,86,87,88)/p+1/b29-26+. The SMILES string of the molecule is Cc1ccc(C2=[N+]3C(=Cc4c(CCCS(=O)(=O)[O-])cc(/C=C/c5ccc(OCCCC(=O)NC(CCCC[N+](C)(C)C)C(=O)NC(CCCC[N+](C)(C)C)C(=O)NCC[NH+](C)CCCCCC(=O)ON6C(=O)CCC6=O)cc5)n4[B-]3(F)F)C(CCCS(=O)(=O)[O-])=C2)[nH]1. The van der Waals surface area contributed by atoms with Crippen molar-refractivity contribution in [2.24, 2.45) is 0 Å². The first kappa shape index (κ1) is 74.2. The Bertz CT molecular complexity index is 3450. The van der Waals surface area contributed by atoms with E-state index in [9.17, 15) is 54.7 Å². The van der Waals surface area contributed by atoms with Crippen molar-refractivity contribution in [3.8, 4) is 5.75 Å². The summed E-state index contributed by atoms with van der Waals surface area (Å²) < 4.78 is 113. The lowest BCUT2D eigenvalue weighted by atomic mass is 9.88. The quantitative estimate of drug-likeness (QED) is 0.0178. The number of nitrogens with zero attached hydrogens (tertiary/aromatic N) is 5. The van der Waals surface area contributed by atoms with E-state index in [1.54, 1.807) is 61.5 Å². The molecule has 3 aliphatic rings. The van der Waals surface area contributed by atoms with E-state index in [1.807, 2.05) is 7.05 Å². The van der Waals surface area contributed by atoms with Crippen LogP contribution in [0.2, 0.25) is 0 Å². The molecule has 508 valence electrons. The highest BCUT2D eigenvalue weighted by Gasteiger charge is 2.55. The highest BCUT2D eigenvalue weighted by Crippen LogP contribution is 2.40. The average molecular weight is 1330 g/mol. The van der Waals surface area contributed by atoms with Crippen LogP contribution in [-0.2, 0) is 60.3 Å². The number of rotatable bonds is 40. The number of ether oxygens (including phenoxy) is 1. The zero-order valence-electron chi connectivity index (χ0n) is 54.5. The number of hydroxylamine groups is 2. The third-order valence-corrected chi connectivity index (χ3v) is 17.7. The van der Waals surface area contributed by atoms with E-state index < -0.39 is 74.5 Å². The van der Waals surface area contributed by atoms with Crippen LogP contribution in [0.25, 0.3) is 18.2 Å². The number of likely N-dealkylation sites (N-methyl/N-ethyl adjacent to an activating group) is 1. The van der Waals surface area contributed by atoms with Gasteiger partial charge < -0.3 is 71.1 Å². The molecule has 0 aliphatic carbocycles. The third kappa shape index (κ3) is 23.9. The van der Waals surface area contributed by atoms with Gasteiger partial charge in [0.25, 0.3) is 11.8 Å². The Morgan fingerprint density at radius 3 is 1.97 bits per heavy atom. The molecule has 0 radical (unpaired) electrons. The van der Waals surface area contributed by atoms with E-state index in [0.717, 1.165) is 68.1 Å². The van der Waals surface area contributed by atoms with Crippen LogP contribution in [0.15, 0.2) is 59.8 Å². The maximum Gasteiger partial charge on any atom is 0.737 e. The van der Waals surface area contributed by atoms with E-state index in [2.05, 4.69) is 63.2 Å². The Labute approximate surface area is 540 Å². The zero-order chi connectivity index (χ0) is 67.6. The minimum absolute atomic E-state index is 0.00396. The number of halogens is 2. The molecule has 0 bridgehead atoms. The summed E-state index contributed by atoms with van der Waals surface area (Å²) >= 11 is 0. The number of nitrogens with one attached hydrogen (secondary N) is 5. The fourth-order valence-corrected chi connectivity index (χ4v) is 12.3. The molecular formula is C63H94BF2N10O14S2+. The van der Waals surface area contributed by atoms with Crippen molar-refractivity contribution >= 4 is 86.7 Å². The number of carbonyl (C=O) groups is 6. The van der Waals surface area contributed by atoms with Crippen molar-refractivity contribution in [3.63, 3.8) is 0 Å². The van der Waals surface area contributed by atoms with Gasteiger partial charge in [0, 0.05) is 72.0 Å². The molecule has 0 spiro atoms. The van der Waals surface area contributed by atoms with E-state index in [-0.39, 0.29) is 92.6 Å². The van der Waals surface area contributed by atoms with Gasteiger partial charge in [-0.05, 0) is 144 Å². The van der Waals surface area contributed by atoms with Crippen LogP contribution < -0.4 is 25.6 Å². The molecule has 1 aromatic carbocycles. The summed E-state index contributed by atoms with van der Waals surface area (Å²) in [7, 11) is 5.32. The number of hydrogen-bond donors (Lipinski definition) is 5. The zero-order valence-corrected chi connectivity index (χ0v) is 56.1. The monoisotopic (exact) mass is 1330 g/mol. The van der Waals surface area contributed by atoms with Crippen molar-refractivity contribution < 1.29 is 91.3 Å². The first-order valence-corrected chi connectivity index (χ1v) is 35.0. The number of unbranched alkanes of at least 4 members (excludes halogenated alkanes) is 4. The average Bonchev–Trinajstić information content (AvgIpc) is 1.53. The molecule has 24 nitrogen and oxygen atoms in total. The van der Waals surface area contributed by atoms with E-state index in [0.29, 0.717) is 90.5 Å². The van der Waals surface area contributed by atoms with Crippen LogP contribution in [0, 0.1) is 6.92 Å². The second-order valence-corrected chi connectivity index (χ2v) is 29.4. The molecule has 3 aliphatic heterocycles. The van der Waals surface area contributed by atoms with Gasteiger partial charge in [-0.2, -0.15) is 0 Å². The first-order chi connectivity index (χ1) is 43.2. The Balaban J connectivity index is 1.06. The molecule has 0 saturated carbocycles. The molecule has 29 heteroatoms. The second kappa shape index (κ2) is 33.3. The summed E-state index contributed by atoms with van der Waals surface area (Å²) in [6.07, 6.45) is 12.2. The smallest absolute Gasteiger partial charge is 0.737 e. The van der Waals surface area contributed by atoms with Crippen LogP contribution in [0.5, 0.6) is 5.75 Å². The number of fused-ring (bicyclic) bond motifs is 2. The number of aromatic amines is 1. The molecule has 3 aromatic rings. The number of aryl methyl sites for hydroxylation is 2. The number of aromatic nitrogens is 2. The Morgan fingerprint density at radius 2 is 1.37 bits per heavy atom. The van der Waals surface area contributed by atoms with E-state index in [1.165, 1.54) is 12.1 Å². The summed E-state index contributed by atoms with van der Waals surface area (Å²) in [5, 5.41) is 9.49. The topological polar surface area (TPSA) is 303 Å². The van der Waals surface area contributed by atoms with Crippen LogP contribution in [-0.4, -0.2) is 214 Å². The predicted molar refractivity (Wildman–Crippen MR) is 343 cm³/mol. The van der Waals surface area contributed by atoms with Crippen molar-refractivity contribution in [1.82, 2.24) is 30.5 Å². The van der Waals surface area contributed by atoms with Crippen LogP contribution in [0.4, 0.5) is 8.63 Å². The lowest BCUT2D eigenvalue weighted by Crippen LogP contribution is -3.09. The Morgan fingerprint density at radius 1 is 0.750 bits per heavy atom. The maximum atomic E-state index is 17.5.